The van der Waals surface area contributed by atoms with Gasteiger partial charge in [-0.3, -0.25) is 14.5 Å². The number of nitrogens with zero attached hydrogens (tertiary/aromatic N) is 5. The Bertz CT molecular complexity index is 1220. The summed E-state index contributed by atoms with van der Waals surface area (Å²) in [7, 11) is 0. The molecule has 1 fully saturated rings. The highest BCUT2D eigenvalue weighted by Crippen LogP contribution is 2.35. The van der Waals surface area contributed by atoms with E-state index in [1.54, 1.807) is 16.3 Å². The van der Waals surface area contributed by atoms with Crippen molar-refractivity contribution >= 4 is 29.5 Å². The molecule has 0 unspecified atom stereocenters. The molecule has 5 rings (SSSR count). The maximum atomic E-state index is 12.5. The lowest BCUT2D eigenvalue weighted by molar-refractivity contribution is 0.0945. The molecule has 1 saturated carbocycles. The average Bonchev–Trinajstić information content (AvgIpc) is 3.14. The van der Waals surface area contributed by atoms with E-state index < -0.39 is 0 Å². The molecule has 0 atom stereocenters. The molecule has 1 aliphatic rings. The van der Waals surface area contributed by atoms with Gasteiger partial charge in [0.25, 0.3) is 5.91 Å². The lowest BCUT2D eigenvalue weighted by atomic mass is 10.3. The highest BCUT2D eigenvalue weighted by molar-refractivity contribution is 7.71. The first-order chi connectivity index (χ1) is 14.2. The van der Waals surface area contributed by atoms with Crippen molar-refractivity contribution in [3.63, 3.8) is 0 Å². The van der Waals surface area contributed by atoms with Gasteiger partial charge >= 0.3 is 0 Å². The van der Waals surface area contributed by atoms with E-state index in [-0.39, 0.29) is 5.91 Å². The molecule has 0 saturated heterocycles. The molecule has 3 heterocycles. The van der Waals surface area contributed by atoms with Crippen LogP contribution < -0.4 is 5.32 Å². The Morgan fingerprint density at radius 2 is 2.14 bits per heavy atom. The van der Waals surface area contributed by atoms with Gasteiger partial charge in [0.2, 0.25) is 0 Å². The van der Waals surface area contributed by atoms with Gasteiger partial charge in [0.15, 0.2) is 10.6 Å². The second kappa shape index (κ2) is 7.37. The smallest absolute Gasteiger partial charge is 0.271 e. The maximum Gasteiger partial charge on any atom is 0.271 e. The van der Waals surface area contributed by atoms with Crippen molar-refractivity contribution in [1.82, 2.24) is 34.8 Å². The third-order valence-electron chi connectivity index (χ3n) is 4.68. The van der Waals surface area contributed by atoms with Gasteiger partial charge in [-0.15, -0.1) is 11.3 Å². The minimum atomic E-state index is -0.237. The second-order valence-electron chi connectivity index (χ2n) is 6.78. The van der Waals surface area contributed by atoms with Crippen LogP contribution >= 0.6 is 23.6 Å². The molecule has 29 heavy (non-hydrogen) atoms. The number of carbonyl (C=O) groups is 1. The fourth-order valence-electron chi connectivity index (χ4n) is 3.09. The van der Waals surface area contributed by atoms with Crippen LogP contribution in [-0.4, -0.2) is 35.4 Å². The molecule has 10 heteroatoms. The minimum Gasteiger partial charge on any atom is -0.343 e. The van der Waals surface area contributed by atoms with E-state index in [0.29, 0.717) is 23.1 Å². The molecule has 0 bridgehead atoms. The third-order valence-corrected chi connectivity index (χ3v) is 5.86. The van der Waals surface area contributed by atoms with Crippen LogP contribution in [0.25, 0.3) is 16.3 Å². The predicted octanol–water partition coefficient (Wildman–Crippen LogP) is 3.51. The summed E-state index contributed by atoms with van der Waals surface area (Å²) in [4.78, 5) is 17.0. The van der Waals surface area contributed by atoms with Crippen LogP contribution in [0.15, 0.2) is 48.1 Å². The summed E-state index contributed by atoms with van der Waals surface area (Å²) >= 11 is 6.69. The van der Waals surface area contributed by atoms with Gasteiger partial charge in [0, 0.05) is 23.2 Å². The highest BCUT2D eigenvalue weighted by Gasteiger charge is 2.27. The Morgan fingerprint density at radius 1 is 1.31 bits per heavy atom. The monoisotopic (exact) mass is 423 g/mol. The molecule has 146 valence electrons. The largest absolute Gasteiger partial charge is 0.343 e. The van der Waals surface area contributed by atoms with Crippen LogP contribution in [0.3, 0.4) is 0 Å². The van der Waals surface area contributed by atoms with Gasteiger partial charge < -0.3 is 5.32 Å². The minimum absolute atomic E-state index is 0.237. The standard InChI is InChI=1S/C19H17N7OS2/c27-17(20-9-16-23-24-19(28)26(16)14-6-7-14)15-11-29-18(22-15)12-8-21-25(10-12)13-4-2-1-3-5-13/h1-5,8,10-11,14H,6-7,9H2,(H,20,27)(H,24,28). The van der Waals surface area contributed by atoms with Crippen LogP contribution in [0.2, 0.25) is 0 Å². The van der Waals surface area contributed by atoms with Crippen molar-refractivity contribution in [3.05, 3.63) is 64.4 Å². The molecule has 1 aliphatic carbocycles. The van der Waals surface area contributed by atoms with Crippen LogP contribution in [0.5, 0.6) is 0 Å². The summed E-state index contributed by atoms with van der Waals surface area (Å²) in [6, 6.07) is 10.3. The zero-order chi connectivity index (χ0) is 19.8. The van der Waals surface area contributed by atoms with E-state index in [1.807, 2.05) is 41.1 Å². The van der Waals surface area contributed by atoms with Gasteiger partial charge in [-0.25, -0.2) is 9.67 Å². The number of aromatic amines is 1. The van der Waals surface area contributed by atoms with E-state index in [2.05, 4.69) is 25.6 Å². The summed E-state index contributed by atoms with van der Waals surface area (Å²) in [5.41, 5.74) is 2.22. The number of para-hydroxylation sites is 1. The average molecular weight is 424 g/mol. The van der Waals surface area contributed by atoms with Crippen molar-refractivity contribution < 1.29 is 4.79 Å². The van der Waals surface area contributed by atoms with Crippen LogP contribution in [0.1, 0.15) is 35.2 Å². The number of thiazole rings is 1. The first kappa shape index (κ1) is 18.0. The number of hydrogen-bond acceptors (Lipinski definition) is 6. The van der Waals surface area contributed by atoms with Crippen molar-refractivity contribution in [2.24, 2.45) is 0 Å². The van der Waals surface area contributed by atoms with Crippen LogP contribution in [-0.2, 0) is 6.54 Å². The normalized spacial score (nSPS) is 13.5. The molecule has 4 aromatic rings. The van der Waals surface area contributed by atoms with Gasteiger partial charge in [-0.2, -0.15) is 10.2 Å². The van der Waals surface area contributed by atoms with Crippen molar-refractivity contribution in [2.75, 3.05) is 0 Å². The first-order valence-corrected chi connectivity index (χ1v) is 10.5. The molecule has 1 amide bonds. The fraction of sp³-hybridized carbons (Fsp3) is 0.211. The maximum absolute atomic E-state index is 12.5. The molecule has 0 radical (unpaired) electrons. The molecule has 8 nitrogen and oxygen atoms in total. The fourth-order valence-corrected chi connectivity index (χ4v) is 4.16. The van der Waals surface area contributed by atoms with Crippen LogP contribution in [0.4, 0.5) is 0 Å². The van der Waals surface area contributed by atoms with Gasteiger partial charge in [0.1, 0.15) is 10.7 Å². The highest BCUT2D eigenvalue weighted by atomic mass is 32.1. The number of H-pyrrole nitrogens is 1. The molecule has 2 N–H and O–H groups in total. The molecule has 3 aromatic heterocycles. The summed E-state index contributed by atoms with van der Waals surface area (Å²) in [6.07, 6.45) is 5.85. The molecule has 0 aliphatic heterocycles. The SMILES string of the molecule is O=C(NCc1n[nH]c(=S)n1C1CC1)c1csc(-c2cnn(-c3ccccc3)c2)n1. The Balaban J connectivity index is 1.28. The van der Waals surface area contributed by atoms with E-state index in [0.717, 1.165) is 34.9 Å². The number of carbonyl (C=O) groups excluding carboxylic acids is 1. The van der Waals surface area contributed by atoms with E-state index in [4.69, 9.17) is 12.2 Å². The number of nitrogens with one attached hydrogen (secondary N) is 2. The summed E-state index contributed by atoms with van der Waals surface area (Å²) in [6.45, 7) is 0.307. The number of amides is 1. The molecular formula is C19H17N7OS2. The number of aromatic nitrogens is 6. The van der Waals surface area contributed by atoms with Crippen molar-refractivity contribution in [1.29, 1.82) is 0 Å². The molecule has 0 spiro atoms. The van der Waals surface area contributed by atoms with Gasteiger partial charge in [-0.05, 0) is 37.2 Å². The number of rotatable bonds is 6. The second-order valence-corrected chi connectivity index (χ2v) is 8.02. The Labute approximate surface area is 175 Å². The van der Waals surface area contributed by atoms with E-state index >= 15 is 0 Å². The Kier molecular flexibility index (Phi) is 4.57. The topological polar surface area (TPSA) is 93.4 Å². The lowest BCUT2D eigenvalue weighted by Gasteiger charge is -2.05. The number of benzene rings is 1. The Hall–Kier alpha value is -3.11. The molecule has 1 aromatic carbocycles. The zero-order valence-corrected chi connectivity index (χ0v) is 16.9. The van der Waals surface area contributed by atoms with Crippen LogP contribution in [0, 0.1) is 4.77 Å². The van der Waals surface area contributed by atoms with Gasteiger partial charge in [-0.1, -0.05) is 18.2 Å². The van der Waals surface area contributed by atoms with E-state index in [9.17, 15) is 4.79 Å². The number of hydrogen-bond donors (Lipinski definition) is 2. The summed E-state index contributed by atoms with van der Waals surface area (Å²) in [5, 5.41) is 16.8. The van der Waals surface area contributed by atoms with Crippen molar-refractivity contribution in [2.45, 2.75) is 25.4 Å². The zero-order valence-electron chi connectivity index (χ0n) is 15.3. The molecular weight excluding hydrogens is 406 g/mol. The lowest BCUT2D eigenvalue weighted by Crippen LogP contribution is -2.25. The Morgan fingerprint density at radius 3 is 2.93 bits per heavy atom. The predicted molar refractivity (Wildman–Crippen MR) is 112 cm³/mol. The summed E-state index contributed by atoms with van der Waals surface area (Å²) in [5.74, 6) is 0.504. The first-order valence-electron chi connectivity index (χ1n) is 9.19. The van der Waals surface area contributed by atoms with E-state index in [1.165, 1.54) is 11.3 Å². The third kappa shape index (κ3) is 3.64. The van der Waals surface area contributed by atoms with Crippen molar-refractivity contribution in [3.8, 4) is 16.3 Å². The quantitative estimate of drug-likeness (QED) is 0.463. The van der Waals surface area contributed by atoms with Gasteiger partial charge in [0.05, 0.1) is 18.4 Å². The summed E-state index contributed by atoms with van der Waals surface area (Å²) < 4.78 is 4.38.